The molecule has 0 aliphatic heterocycles. The lowest BCUT2D eigenvalue weighted by Gasteiger charge is -2.63. The minimum Gasteiger partial charge on any atom is -0.431 e. The highest BCUT2D eigenvalue weighted by atomic mass is 32.3. The fourth-order valence-electron chi connectivity index (χ4n) is 8.55. The van der Waals surface area contributed by atoms with Crippen molar-refractivity contribution >= 4 is 10.4 Å². The lowest BCUT2D eigenvalue weighted by atomic mass is 9.43. The third-order valence-corrected chi connectivity index (χ3v) is 10.7. The molecule has 4 saturated carbocycles. The van der Waals surface area contributed by atoms with Crippen molar-refractivity contribution in [3.63, 3.8) is 0 Å². The van der Waals surface area contributed by atoms with Gasteiger partial charge in [0.05, 0.1) is 18.0 Å². The molecule has 1 aromatic rings. The number of rotatable bonds is 3. The van der Waals surface area contributed by atoms with E-state index in [0.717, 1.165) is 50.5 Å². The largest absolute Gasteiger partial charge is 0.431 e. The van der Waals surface area contributed by atoms with E-state index in [1.165, 1.54) is 6.07 Å². The Balaban J connectivity index is 1.40. The molecule has 0 bridgehead atoms. The van der Waals surface area contributed by atoms with E-state index < -0.39 is 22.1 Å². The van der Waals surface area contributed by atoms with Gasteiger partial charge in [0, 0.05) is 11.5 Å². The molecule has 1 aromatic heterocycles. The van der Waals surface area contributed by atoms with E-state index >= 15 is 0 Å². The second-order valence-electron chi connectivity index (χ2n) is 11.3. The van der Waals surface area contributed by atoms with Crippen LogP contribution < -0.4 is 5.63 Å². The summed E-state index contributed by atoms with van der Waals surface area (Å²) in [7, 11) is -4.44. The third kappa shape index (κ3) is 3.32. The van der Waals surface area contributed by atoms with Crippen molar-refractivity contribution in [1.29, 1.82) is 0 Å². The lowest BCUT2D eigenvalue weighted by molar-refractivity contribution is -0.204. The van der Waals surface area contributed by atoms with E-state index in [1.54, 1.807) is 6.26 Å². The Morgan fingerprint density at radius 2 is 1.81 bits per heavy atom. The maximum atomic E-state index is 12.2. The lowest BCUT2D eigenvalue weighted by Crippen LogP contribution is -2.62. The molecule has 178 valence electrons. The van der Waals surface area contributed by atoms with Gasteiger partial charge in [0.15, 0.2) is 0 Å². The average Bonchev–Trinajstić information content (AvgIpc) is 2.99. The number of aliphatic hydroxyl groups is 1. The Morgan fingerprint density at radius 3 is 2.50 bits per heavy atom. The molecule has 0 aromatic carbocycles. The van der Waals surface area contributed by atoms with Crippen LogP contribution in [0.4, 0.5) is 0 Å². The van der Waals surface area contributed by atoms with Gasteiger partial charge in [-0.2, -0.15) is 8.42 Å². The van der Waals surface area contributed by atoms with Crippen molar-refractivity contribution in [2.24, 2.45) is 28.6 Å². The predicted octanol–water partition coefficient (Wildman–Crippen LogP) is 4.07. The first-order valence-corrected chi connectivity index (χ1v) is 13.3. The number of hydrogen-bond acceptors (Lipinski definition) is 6. The first-order chi connectivity index (χ1) is 15.0. The summed E-state index contributed by atoms with van der Waals surface area (Å²) in [6, 6.07) is 3.33. The summed E-state index contributed by atoms with van der Waals surface area (Å²) in [6.07, 6.45) is 8.66. The monoisotopic (exact) mass is 466 g/mol. The quantitative estimate of drug-likeness (QED) is 0.646. The van der Waals surface area contributed by atoms with Crippen molar-refractivity contribution in [3.8, 4) is 0 Å². The third-order valence-electron chi connectivity index (χ3n) is 10.2. The topological polar surface area (TPSA) is 114 Å². The van der Waals surface area contributed by atoms with Gasteiger partial charge in [-0.3, -0.25) is 4.55 Å². The van der Waals surface area contributed by atoms with Crippen molar-refractivity contribution in [1.82, 2.24) is 0 Å². The van der Waals surface area contributed by atoms with Crippen LogP contribution in [0, 0.1) is 28.6 Å². The van der Waals surface area contributed by atoms with Crippen molar-refractivity contribution in [2.45, 2.75) is 89.3 Å². The molecule has 8 atom stereocenters. The minimum atomic E-state index is -4.44. The number of fused-ring (bicyclic) bond motifs is 5. The second kappa shape index (κ2) is 7.39. The van der Waals surface area contributed by atoms with Crippen LogP contribution in [-0.2, 0) is 14.6 Å². The molecule has 1 heterocycles. The summed E-state index contributed by atoms with van der Waals surface area (Å²) in [5.41, 5.74) is -0.328. The Bertz CT molecular complexity index is 1030. The fourth-order valence-corrected chi connectivity index (χ4v) is 9.07. The van der Waals surface area contributed by atoms with Gasteiger partial charge in [-0.25, -0.2) is 8.98 Å². The molecule has 5 rings (SSSR count). The highest BCUT2D eigenvalue weighted by Gasteiger charge is 2.67. The van der Waals surface area contributed by atoms with Crippen LogP contribution in [0.3, 0.4) is 0 Å². The van der Waals surface area contributed by atoms with E-state index in [-0.39, 0.29) is 28.3 Å². The zero-order valence-electron chi connectivity index (χ0n) is 18.8. The van der Waals surface area contributed by atoms with E-state index in [4.69, 9.17) is 13.2 Å². The van der Waals surface area contributed by atoms with Crippen LogP contribution in [0.5, 0.6) is 0 Å². The Morgan fingerprint density at radius 1 is 1.03 bits per heavy atom. The molecular formula is C24H34O7S. The molecule has 2 N–H and O–H groups in total. The van der Waals surface area contributed by atoms with Gasteiger partial charge in [0.2, 0.25) is 0 Å². The highest BCUT2D eigenvalue weighted by Crippen LogP contribution is 2.70. The standard InChI is InChI=1S/C24H34O7S/c1-22-10-7-17(31-32(27,28)29)13-16(22)4-5-20-19(22)8-11-23(2)18(9-12-24(20,23)26)15-3-6-21(25)30-14-15/h3,6,14,16-20,26H,4-5,7-13H2,1-2H3,(H,27,28,29)/t16-,17+,18-,19-,20+,22+,23-,24+/m1/s1. The summed E-state index contributed by atoms with van der Waals surface area (Å²) >= 11 is 0. The zero-order chi connectivity index (χ0) is 22.9. The summed E-state index contributed by atoms with van der Waals surface area (Å²) in [4.78, 5) is 11.4. The van der Waals surface area contributed by atoms with Gasteiger partial charge in [-0.05, 0) is 98.5 Å². The smallest absolute Gasteiger partial charge is 0.397 e. The van der Waals surface area contributed by atoms with E-state index in [0.29, 0.717) is 24.7 Å². The number of hydrogen-bond donors (Lipinski definition) is 2. The van der Waals surface area contributed by atoms with Gasteiger partial charge in [0.25, 0.3) is 0 Å². The molecule has 0 radical (unpaired) electrons. The SMILES string of the molecule is C[C@]12CC[C@H](OS(=O)(=O)O)C[C@H]1CC[C@H]1[C@H]2CC[C@]2(C)[C@@H](c3ccc(=O)oc3)CC[C@]12O. The fraction of sp³-hybridized carbons (Fsp3) is 0.792. The first kappa shape index (κ1) is 22.6. The molecule has 0 saturated heterocycles. The minimum absolute atomic E-state index is 0.0384. The van der Waals surface area contributed by atoms with E-state index in [2.05, 4.69) is 13.8 Å². The maximum Gasteiger partial charge on any atom is 0.397 e. The molecule has 7 nitrogen and oxygen atoms in total. The Labute approximate surface area is 189 Å². The molecule has 4 fully saturated rings. The van der Waals surface area contributed by atoms with Crippen molar-refractivity contribution in [2.75, 3.05) is 0 Å². The normalized spacial score (nSPS) is 46.2. The van der Waals surface area contributed by atoms with Crippen LogP contribution in [0.2, 0.25) is 0 Å². The van der Waals surface area contributed by atoms with Gasteiger partial charge in [0.1, 0.15) is 0 Å². The van der Waals surface area contributed by atoms with Crippen LogP contribution in [0.15, 0.2) is 27.6 Å². The first-order valence-electron chi connectivity index (χ1n) is 11.9. The zero-order valence-corrected chi connectivity index (χ0v) is 19.6. The summed E-state index contributed by atoms with van der Waals surface area (Å²) in [6.45, 7) is 4.54. The van der Waals surface area contributed by atoms with Crippen LogP contribution in [-0.4, -0.2) is 29.8 Å². The van der Waals surface area contributed by atoms with Gasteiger partial charge in [-0.15, -0.1) is 0 Å². The Kier molecular flexibility index (Phi) is 5.21. The maximum absolute atomic E-state index is 12.2. The van der Waals surface area contributed by atoms with Crippen LogP contribution >= 0.6 is 0 Å². The van der Waals surface area contributed by atoms with Gasteiger partial charge in [-0.1, -0.05) is 13.8 Å². The van der Waals surface area contributed by atoms with Crippen molar-refractivity contribution in [3.05, 3.63) is 34.4 Å². The molecular weight excluding hydrogens is 432 g/mol. The van der Waals surface area contributed by atoms with E-state index in [1.807, 2.05) is 6.07 Å². The summed E-state index contributed by atoms with van der Waals surface area (Å²) < 4.78 is 41.6. The second-order valence-corrected chi connectivity index (χ2v) is 12.3. The molecule has 8 heteroatoms. The molecule has 32 heavy (non-hydrogen) atoms. The van der Waals surface area contributed by atoms with Gasteiger partial charge >= 0.3 is 16.0 Å². The van der Waals surface area contributed by atoms with Crippen molar-refractivity contribution < 1.29 is 26.7 Å². The summed E-state index contributed by atoms with van der Waals surface area (Å²) in [5.74, 6) is 1.10. The van der Waals surface area contributed by atoms with E-state index in [9.17, 15) is 18.3 Å². The highest BCUT2D eigenvalue weighted by molar-refractivity contribution is 7.80. The van der Waals surface area contributed by atoms with Crippen LogP contribution in [0.25, 0.3) is 0 Å². The summed E-state index contributed by atoms with van der Waals surface area (Å²) in [5, 5.41) is 12.2. The molecule has 4 aliphatic rings. The predicted molar refractivity (Wildman–Crippen MR) is 117 cm³/mol. The Hall–Kier alpha value is -1.22. The molecule has 0 spiro atoms. The molecule has 0 unspecified atom stereocenters. The van der Waals surface area contributed by atoms with Crippen LogP contribution in [0.1, 0.15) is 83.1 Å². The molecule has 4 aliphatic carbocycles. The molecule has 0 amide bonds. The average molecular weight is 467 g/mol. The van der Waals surface area contributed by atoms with Gasteiger partial charge < -0.3 is 9.52 Å².